The summed E-state index contributed by atoms with van der Waals surface area (Å²) in [6, 6.07) is 3.59. The monoisotopic (exact) mass is 327 g/mol. The van der Waals surface area contributed by atoms with Crippen molar-refractivity contribution in [2.75, 3.05) is 6.54 Å². The standard InChI is InChI=1S/C13H17F4NO2S/c1-3-10(4-2)18(9-13(15,16)17)21(19,20)12-8-6-5-7-11(12)14/h5-8,10H,3-4,9H2,1-2H3. The van der Waals surface area contributed by atoms with E-state index in [2.05, 4.69) is 0 Å². The molecule has 0 N–H and O–H groups in total. The molecular weight excluding hydrogens is 310 g/mol. The highest BCUT2D eigenvalue weighted by Crippen LogP contribution is 2.28. The predicted molar refractivity (Wildman–Crippen MR) is 70.7 cm³/mol. The Morgan fingerprint density at radius 2 is 1.67 bits per heavy atom. The van der Waals surface area contributed by atoms with Gasteiger partial charge in [0.15, 0.2) is 0 Å². The number of halogens is 4. The maximum absolute atomic E-state index is 13.7. The van der Waals surface area contributed by atoms with Crippen LogP contribution in [0.3, 0.4) is 0 Å². The Labute approximate surface area is 121 Å². The zero-order chi connectivity index (χ0) is 16.3. The molecule has 0 saturated carbocycles. The molecule has 0 saturated heterocycles. The first-order valence-electron chi connectivity index (χ1n) is 6.46. The first-order chi connectivity index (χ1) is 9.63. The third kappa shape index (κ3) is 4.41. The lowest BCUT2D eigenvalue weighted by atomic mass is 10.2. The van der Waals surface area contributed by atoms with Crippen molar-refractivity contribution in [3.63, 3.8) is 0 Å². The highest BCUT2D eigenvalue weighted by molar-refractivity contribution is 7.89. The molecule has 1 rings (SSSR count). The Morgan fingerprint density at radius 1 is 1.14 bits per heavy atom. The molecule has 0 radical (unpaired) electrons. The van der Waals surface area contributed by atoms with E-state index in [0.29, 0.717) is 4.31 Å². The van der Waals surface area contributed by atoms with E-state index in [9.17, 15) is 26.0 Å². The smallest absolute Gasteiger partial charge is 0.207 e. The second-order valence-electron chi connectivity index (χ2n) is 4.57. The van der Waals surface area contributed by atoms with Gasteiger partial charge in [-0.05, 0) is 25.0 Å². The zero-order valence-electron chi connectivity index (χ0n) is 11.7. The molecule has 0 amide bonds. The molecule has 0 bridgehead atoms. The van der Waals surface area contributed by atoms with Crippen molar-refractivity contribution in [1.82, 2.24) is 4.31 Å². The number of rotatable bonds is 6. The molecular formula is C13H17F4NO2S. The summed E-state index contributed by atoms with van der Waals surface area (Å²) in [4.78, 5) is -0.735. The Balaban J connectivity index is 3.33. The van der Waals surface area contributed by atoms with E-state index in [1.54, 1.807) is 13.8 Å². The van der Waals surface area contributed by atoms with E-state index in [4.69, 9.17) is 0 Å². The molecule has 8 heteroatoms. The number of nitrogens with zero attached hydrogens (tertiary/aromatic N) is 1. The lowest BCUT2D eigenvalue weighted by molar-refractivity contribution is -0.139. The number of alkyl halides is 3. The minimum absolute atomic E-state index is 0.209. The highest BCUT2D eigenvalue weighted by atomic mass is 32.2. The number of hydrogen-bond donors (Lipinski definition) is 0. The molecule has 21 heavy (non-hydrogen) atoms. The van der Waals surface area contributed by atoms with Crippen LogP contribution in [0.25, 0.3) is 0 Å². The molecule has 3 nitrogen and oxygen atoms in total. The van der Waals surface area contributed by atoms with Gasteiger partial charge in [0.25, 0.3) is 0 Å². The highest BCUT2D eigenvalue weighted by Gasteiger charge is 2.40. The third-order valence-electron chi connectivity index (χ3n) is 3.11. The van der Waals surface area contributed by atoms with Crippen LogP contribution in [0.2, 0.25) is 0 Å². The van der Waals surface area contributed by atoms with E-state index in [1.807, 2.05) is 0 Å². The molecule has 0 spiro atoms. The van der Waals surface area contributed by atoms with Crippen molar-refractivity contribution in [2.24, 2.45) is 0 Å². The molecule has 1 aromatic carbocycles. The average Bonchev–Trinajstić information content (AvgIpc) is 2.38. The maximum Gasteiger partial charge on any atom is 0.402 e. The van der Waals surface area contributed by atoms with E-state index < -0.39 is 39.5 Å². The molecule has 0 aromatic heterocycles. The topological polar surface area (TPSA) is 37.4 Å². The summed E-state index contributed by atoms with van der Waals surface area (Å²) in [5.74, 6) is -1.06. The summed E-state index contributed by atoms with van der Waals surface area (Å²) in [5.41, 5.74) is 0. The lowest BCUT2D eigenvalue weighted by Crippen LogP contribution is -2.45. The second kappa shape index (κ2) is 6.74. The minimum atomic E-state index is -4.69. The average molecular weight is 327 g/mol. The quantitative estimate of drug-likeness (QED) is 0.749. The fourth-order valence-electron chi connectivity index (χ4n) is 2.06. The van der Waals surface area contributed by atoms with Crippen LogP contribution in [0.5, 0.6) is 0 Å². The predicted octanol–water partition coefficient (Wildman–Crippen LogP) is 3.57. The van der Waals surface area contributed by atoms with E-state index in [1.165, 1.54) is 12.1 Å². The van der Waals surface area contributed by atoms with Crippen molar-refractivity contribution in [2.45, 2.75) is 43.8 Å². The Morgan fingerprint density at radius 3 is 2.10 bits per heavy atom. The van der Waals surface area contributed by atoms with Crippen molar-refractivity contribution in [3.8, 4) is 0 Å². The summed E-state index contributed by atoms with van der Waals surface area (Å²) < 4.78 is 76.8. The number of benzene rings is 1. The second-order valence-corrected chi connectivity index (χ2v) is 6.43. The summed E-state index contributed by atoms with van der Waals surface area (Å²) >= 11 is 0. The fraction of sp³-hybridized carbons (Fsp3) is 0.538. The summed E-state index contributed by atoms with van der Waals surface area (Å²) in [6.45, 7) is 1.55. The van der Waals surface area contributed by atoms with Gasteiger partial charge in [-0.2, -0.15) is 17.5 Å². The van der Waals surface area contributed by atoms with Crippen molar-refractivity contribution in [1.29, 1.82) is 0 Å². The van der Waals surface area contributed by atoms with Gasteiger partial charge >= 0.3 is 6.18 Å². The normalized spacial score (nSPS) is 13.1. The van der Waals surface area contributed by atoms with E-state index in [0.717, 1.165) is 12.1 Å². The molecule has 0 fully saturated rings. The Bertz CT molecular complexity index is 568. The minimum Gasteiger partial charge on any atom is -0.207 e. The van der Waals surface area contributed by atoms with Gasteiger partial charge in [0.1, 0.15) is 17.3 Å². The van der Waals surface area contributed by atoms with Gasteiger partial charge in [0, 0.05) is 6.04 Å². The van der Waals surface area contributed by atoms with Crippen LogP contribution in [0.1, 0.15) is 26.7 Å². The molecule has 120 valence electrons. The van der Waals surface area contributed by atoms with E-state index in [-0.39, 0.29) is 12.8 Å². The van der Waals surface area contributed by atoms with Gasteiger partial charge in [0.05, 0.1) is 0 Å². The fourth-order valence-corrected chi connectivity index (χ4v) is 3.89. The lowest BCUT2D eigenvalue weighted by Gasteiger charge is -2.30. The molecule has 1 aromatic rings. The largest absolute Gasteiger partial charge is 0.402 e. The Kier molecular flexibility index (Phi) is 5.75. The van der Waals surface area contributed by atoms with E-state index >= 15 is 0 Å². The van der Waals surface area contributed by atoms with Crippen LogP contribution in [0.4, 0.5) is 17.6 Å². The first-order valence-corrected chi connectivity index (χ1v) is 7.90. The first kappa shape index (κ1) is 17.9. The number of sulfonamides is 1. The molecule has 0 aliphatic carbocycles. The summed E-state index contributed by atoms with van der Waals surface area (Å²) in [5, 5.41) is 0. The SMILES string of the molecule is CCC(CC)N(CC(F)(F)F)S(=O)(=O)c1ccccc1F. The van der Waals surface area contributed by atoms with Crippen LogP contribution in [0, 0.1) is 5.82 Å². The molecule has 0 aliphatic rings. The van der Waals surface area contributed by atoms with Crippen LogP contribution in [-0.2, 0) is 10.0 Å². The maximum atomic E-state index is 13.7. The molecule has 0 atom stereocenters. The third-order valence-corrected chi connectivity index (χ3v) is 5.04. The Hall–Kier alpha value is -1.15. The molecule has 0 unspecified atom stereocenters. The van der Waals surface area contributed by atoms with Crippen LogP contribution in [0.15, 0.2) is 29.2 Å². The van der Waals surface area contributed by atoms with Crippen LogP contribution < -0.4 is 0 Å². The molecule has 0 heterocycles. The summed E-state index contributed by atoms with van der Waals surface area (Å²) in [6.07, 6.45) is -4.28. The van der Waals surface area contributed by atoms with Crippen molar-refractivity contribution >= 4 is 10.0 Å². The molecule has 0 aliphatic heterocycles. The van der Waals surface area contributed by atoms with Crippen LogP contribution >= 0.6 is 0 Å². The van der Waals surface area contributed by atoms with Gasteiger partial charge in [-0.3, -0.25) is 0 Å². The zero-order valence-corrected chi connectivity index (χ0v) is 12.5. The van der Waals surface area contributed by atoms with Crippen LogP contribution in [-0.4, -0.2) is 31.5 Å². The van der Waals surface area contributed by atoms with Gasteiger partial charge in [-0.15, -0.1) is 0 Å². The summed E-state index contributed by atoms with van der Waals surface area (Å²) in [7, 11) is -4.55. The van der Waals surface area contributed by atoms with Gasteiger partial charge in [0.2, 0.25) is 10.0 Å². The van der Waals surface area contributed by atoms with Crippen molar-refractivity contribution < 1.29 is 26.0 Å². The van der Waals surface area contributed by atoms with Crippen molar-refractivity contribution in [3.05, 3.63) is 30.1 Å². The van der Waals surface area contributed by atoms with Gasteiger partial charge in [-0.25, -0.2) is 12.8 Å². The number of hydrogen-bond acceptors (Lipinski definition) is 2. The van der Waals surface area contributed by atoms with Gasteiger partial charge in [-0.1, -0.05) is 26.0 Å². The van der Waals surface area contributed by atoms with Gasteiger partial charge < -0.3 is 0 Å².